The zero-order chi connectivity index (χ0) is 21.4. The lowest BCUT2D eigenvalue weighted by molar-refractivity contribution is -0.151. The normalized spacial score (nSPS) is 9.79. The minimum Gasteiger partial charge on any atom is -0.462 e. The second kappa shape index (κ2) is 15.2. The first-order valence-corrected chi connectivity index (χ1v) is 8.42. The summed E-state index contributed by atoms with van der Waals surface area (Å²) in [5.74, 6) is -1.64. The van der Waals surface area contributed by atoms with Gasteiger partial charge in [0.2, 0.25) is 0 Å². The predicted octanol–water partition coefficient (Wildman–Crippen LogP) is 1.33. The van der Waals surface area contributed by atoms with Gasteiger partial charge in [-0.1, -0.05) is 13.2 Å². The summed E-state index contributed by atoms with van der Waals surface area (Å²) in [6.07, 6.45) is -0.939. The smallest absolute Gasteiger partial charge is 0.462 e. The molecule has 0 radical (unpaired) electrons. The maximum atomic E-state index is 11.4. The van der Waals surface area contributed by atoms with Crippen molar-refractivity contribution in [1.82, 2.24) is 0 Å². The van der Waals surface area contributed by atoms with Gasteiger partial charge in [0.1, 0.15) is 33.0 Å². The molecule has 0 atom stereocenters. The molecule has 0 aromatic carbocycles. The number of hydrogen-bond donors (Lipinski definition) is 0. The third-order valence-electron chi connectivity index (χ3n) is 2.71. The van der Waals surface area contributed by atoms with E-state index < -0.39 is 24.1 Å². The lowest BCUT2D eigenvalue weighted by atomic mass is 10.4. The van der Waals surface area contributed by atoms with Crippen LogP contribution >= 0.6 is 0 Å². The van der Waals surface area contributed by atoms with E-state index >= 15 is 0 Å². The topological polar surface area (TPSA) is 124 Å². The Balaban J connectivity index is 3.50. The highest BCUT2D eigenvalue weighted by atomic mass is 16.7. The molecule has 28 heavy (non-hydrogen) atoms. The first kappa shape index (κ1) is 25.1. The van der Waals surface area contributed by atoms with Gasteiger partial charge in [0.05, 0.1) is 19.6 Å². The Morgan fingerprint density at radius 3 is 1.54 bits per heavy atom. The van der Waals surface area contributed by atoms with Crippen LogP contribution in [-0.2, 0) is 42.8 Å². The van der Waals surface area contributed by atoms with Crippen molar-refractivity contribution in [2.45, 2.75) is 20.3 Å². The standard InChI is InChI=1S/C18H26O10/c1-13(2)16(20)25-10-9-24-15(19)5-6-23-7-8-27-18(22)28-12-11-26-17(21)14(3)4/h1,3,5-12H2,2,4H3. The van der Waals surface area contributed by atoms with E-state index in [1.165, 1.54) is 13.8 Å². The molecule has 0 unspecified atom stereocenters. The Hall–Kier alpha value is -2.88. The summed E-state index contributed by atoms with van der Waals surface area (Å²) in [5.41, 5.74) is 0.506. The highest BCUT2D eigenvalue weighted by Crippen LogP contribution is 1.95. The van der Waals surface area contributed by atoms with Crippen LogP contribution in [0.4, 0.5) is 4.79 Å². The van der Waals surface area contributed by atoms with Gasteiger partial charge in [0, 0.05) is 11.1 Å². The molecule has 0 heterocycles. The van der Waals surface area contributed by atoms with Gasteiger partial charge in [-0.2, -0.15) is 0 Å². The molecule has 0 aromatic heterocycles. The van der Waals surface area contributed by atoms with E-state index in [0.29, 0.717) is 0 Å². The Bertz CT molecular complexity index is 517. The van der Waals surface area contributed by atoms with Gasteiger partial charge in [-0.15, -0.1) is 0 Å². The zero-order valence-corrected chi connectivity index (χ0v) is 16.2. The van der Waals surface area contributed by atoms with Gasteiger partial charge in [-0.3, -0.25) is 4.79 Å². The number of rotatable bonds is 14. The third kappa shape index (κ3) is 14.3. The van der Waals surface area contributed by atoms with Crippen LogP contribution in [0.2, 0.25) is 0 Å². The molecule has 0 N–H and O–H groups in total. The summed E-state index contributed by atoms with van der Waals surface area (Å²) >= 11 is 0. The van der Waals surface area contributed by atoms with Crippen LogP contribution in [0.15, 0.2) is 24.3 Å². The monoisotopic (exact) mass is 402 g/mol. The molecule has 0 aromatic rings. The van der Waals surface area contributed by atoms with Crippen LogP contribution in [0.5, 0.6) is 0 Å². The average molecular weight is 402 g/mol. The molecule has 0 aliphatic rings. The van der Waals surface area contributed by atoms with E-state index in [9.17, 15) is 19.2 Å². The lowest BCUT2D eigenvalue weighted by Gasteiger charge is -2.08. The van der Waals surface area contributed by atoms with Crippen LogP contribution < -0.4 is 0 Å². The molecule has 10 heteroatoms. The first-order valence-electron chi connectivity index (χ1n) is 8.42. The summed E-state index contributed by atoms with van der Waals surface area (Å²) in [5, 5.41) is 0. The second-order valence-electron chi connectivity index (χ2n) is 5.36. The van der Waals surface area contributed by atoms with E-state index in [0.717, 1.165) is 0 Å². The van der Waals surface area contributed by atoms with Crippen LogP contribution in [0.1, 0.15) is 20.3 Å². The quantitative estimate of drug-likeness (QED) is 0.182. The van der Waals surface area contributed by atoms with Crippen molar-refractivity contribution in [2.24, 2.45) is 0 Å². The first-order chi connectivity index (χ1) is 13.2. The van der Waals surface area contributed by atoms with Crippen LogP contribution in [-0.4, -0.2) is 70.3 Å². The maximum Gasteiger partial charge on any atom is 0.508 e. The van der Waals surface area contributed by atoms with Crippen molar-refractivity contribution < 1.29 is 47.6 Å². The van der Waals surface area contributed by atoms with Crippen LogP contribution in [0.25, 0.3) is 0 Å². The summed E-state index contributed by atoms with van der Waals surface area (Å²) in [7, 11) is 0. The minimum absolute atomic E-state index is 0.00698. The molecule has 0 amide bonds. The number of carbonyl (C=O) groups is 4. The van der Waals surface area contributed by atoms with Crippen molar-refractivity contribution >= 4 is 24.1 Å². The van der Waals surface area contributed by atoms with Gasteiger partial charge in [-0.05, 0) is 13.8 Å². The van der Waals surface area contributed by atoms with Gasteiger partial charge in [0.25, 0.3) is 0 Å². The van der Waals surface area contributed by atoms with Crippen molar-refractivity contribution in [2.75, 3.05) is 46.2 Å². The molecular weight excluding hydrogens is 376 g/mol. The van der Waals surface area contributed by atoms with Gasteiger partial charge < -0.3 is 28.4 Å². The van der Waals surface area contributed by atoms with Crippen LogP contribution in [0.3, 0.4) is 0 Å². The summed E-state index contributed by atoms with van der Waals surface area (Å²) < 4.78 is 28.8. The molecule has 0 fully saturated rings. The molecule has 0 aliphatic heterocycles. The van der Waals surface area contributed by atoms with E-state index in [-0.39, 0.29) is 63.8 Å². The Labute approximate surface area is 163 Å². The summed E-state index contributed by atoms with van der Waals surface area (Å²) in [6, 6.07) is 0. The second-order valence-corrected chi connectivity index (χ2v) is 5.36. The Morgan fingerprint density at radius 2 is 1.04 bits per heavy atom. The number of esters is 3. The average Bonchev–Trinajstić information content (AvgIpc) is 2.64. The largest absolute Gasteiger partial charge is 0.508 e. The van der Waals surface area contributed by atoms with E-state index in [1.54, 1.807) is 0 Å². The summed E-state index contributed by atoms with van der Waals surface area (Å²) in [4.78, 5) is 44.8. The van der Waals surface area contributed by atoms with E-state index in [4.69, 9.17) is 23.7 Å². The Morgan fingerprint density at radius 1 is 0.607 bits per heavy atom. The fourth-order valence-electron chi connectivity index (χ4n) is 1.35. The van der Waals surface area contributed by atoms with Crippen molar-refractivity contribution in [3.05, 3.63) is 24.3 Å². The van der Waals surface area contributed by atoms with E-state index in [1.807, 2.05) is 0 Å². The van der Waals surface area contributed by atoms with Crippen molar-refractivity contribution in [3.63, 3.8) is 0 Å². The fourth-order valence-corrected chi connectivity index (χ4v) is 1.35. The molecule has 0 rings (SSSR count). The molecule has 0 aliphatic carbocycles. The highest BCUT2D eigenvalue weighted by molar-refractivity contribution is 5.87. The molecule has 158 valence electrons. The van der Waals surface area contributed by atoms with Gasteiger partial charge in [0.15, 0.2) is 0 Å². The maximum absolute atomic E-state index is 11.4. The molecule has 0 saturated heterocycles. The number of ether oxygens (including phenoxy) is 6. The lowest BCUT2D eigenvalue weighted by Crippen LogP contribution is -2.17. The SMILES string of the molecule is C=C(C)C(=O)OCCOC(=O)CCOCCOC(=O)OCCOC(=O)C(=C)C. The number of carbonyl (C=O) groups excluding carboxylic acids is 4. The fraction of sp³-hybridized carbons (Fsp3) is 0.556. The molecule has 10 nitrogen and oxygen atoms in total. The van der Waals surface area contributed by atoms with Gasteiger partial charge in [-0.25, -0.2) is 14.4 Å². The zero-order valence-electron chi connectivity index (χ0n) is 16.2. The molecular formula is C18H26O10. The third-order valence-corrected chi connectivity index (χ3v) is 2.71. The molecule has 0 bridgehead atoms. The van der Waals surface area contributed by atoms with Crippen molar-refractivity contribution in [1.29, 1.82) is 0 Å². The van der Waals surface area contributed by atoms with Gasteiger partial charge >= 0.3 is 24.1 Å². The van der Waals surface area contributed by atoms with E-state index in [2.05, 4.69) is 17.9 Å². The molecule has 0 saturated carbocycles. The minimum atomic E-state index is -0.932. The summed E-state index contributed by atoms with van der Waals surface area (Å²) in [6.45, 7) is 9.52. The van der Waals surface area contributed by atoms with Crippen molar-refractivity contribution in [3.8, 4) is 0 Å². The van der Waals surface area contributed by atoms with Crippen LogP contribution in [0, 0.1) is 0 Å². The predicted molar refractivity (Wildman–Crippen MR) is 95.2 cm³/mol. The Kier molecular flexibility index (Phi) is 13.6. The molecule has 0 spiro atoms. The highest BCUT2D eigenvalue weighted by Gasteiger charge is 2.08. The number of hydrogen-bond acceptors (Lipinski definition) is 10.